The van der Waals surface area contributed by atoms with Crippen molar-refractivity contribution in [2.75, 3.05) is 18.8 Å². The van der Waals surface area contributed by atoms with Gasteiger partial charge in [0.2, 0.25) is 5.91 Å². The minimum atomic E-state index is 0.0960. The van der Waals surface area contributed by atoms with Gasteiger partial charge in [0.15, 0.2) is 0 Å². The monoisotopic (exact) mass is 344 g/mol. The van der Waals surface area contributed by atoms with Crippen molar-refractivity contribution in [3.8, 4) is 0 Å². The first-order chi connectivity index (χ1) is 11.8. The molecule has 1 saturated carbocycles. The number of nitrogens with one attached hydrogen (secondary N) is 1. The number of likely N-dealkylation sites (tertiary alicyclic amines) is 1. The first kappa shape index (κ1) is 16.5. The van der Waals surface area contributed by atoms with Gasteiger partial charge in [0.25, 0.3) is 0 Å². The molecule has 2 aliphatic heterocycles. The summed E-state index contributed by atoms with van der Waals surface area (Å²) < 4.78 is 0. The Kier molecular flexibility index (Phi) is 5.14. The van der Waals surface area contributed by atoms with Crippen molar-refractivity contribution in [1.29, 1.82) is 0 Å². The van der Waals surface area contributed by atoms with Crippen LogP contribution in [0.15, 0.2) is 35.2 Å². The van der Waals surface area contributed by atoms with E-state index in [-0.39, 0.29) is 6.04 Å². The summed E-state index contributed by atoms with van der Waals surface area (Å²) in [5.41, 5.74) is 0. The lowest BCUT2D eigenvalue weighted by Gasteiger charge is -2.24. The van der Waals surface area contributed by atoms with Crippen LogP contribution >= 0.6 is 11.8 Å². The molecule has 130 valence electrons. The molecule has 1 aromatic carbocycles. The van der Waals surface area contributed by atoms with E-state index in [1.54, 1.807) is 0 Å². The molecule has 4 rings (SSSR count). The molecule has 1 aliphatic carbocycles. The fraction of sp³-hybridized carbons (Fsp3) is 0.650. The summed E-state index contributed by atoms with van der Waals surface area (Å²) in [4.78, 5) is 16.3. The Morgan fingerprint density at radius 3 is 2.83 bits per heavy atom. The SMILES string of the molecule is O=C(C1CC2CCCCC2N1)N1CCC(CSc2ccccc2)C1. The van der Waals surface area contributed by atoms with Crippen molar-refractivity contribution in [3.05, 3.63) is 30.3 Å². The molecule has 2 saturated heterocycles. The number of carbonyl (C=O) groups excluding carboxylic acids is 1. The minimum Gasteiger partial charge on any atom is -0.341 e. The number of thioether (sulfide) groups is 1. The Bertz CT molecular complexity index is 550. The highest BCUT2D eigenvalue weighted by atomic mass is 32.2. The molecule has 4 atom stereocenters. The van der Waals surface area contributed by atoms with Gasteiger partial charge in [-0.2, -0.15) is 0 Å². The molecule has 1 aromatic rings. The summed E-state index contributed by atoms with van der Waals surface area (Å²) in [6.45, 7) is 1.90. The first-order valence-electron chi connectivity index (χ1n) is 9.52. The van der Waals surface area contributed by atoms with Crippen LogP contribution in [-0.2, 0) is 4.79 Å². The first-order valence-corrected chi connectivity index (χ1v) is 10.5. The lowest BCUT2D eigenvalue weighted by Crippen LogP contribution is -2.44. The molecule has 1 N–H and O–H groups in total. The van der Waals surface area contributed by atoms with Crippen molar-refractivity contribution in [2.45, 2.75) is 55.5 Å². The summed E-state index contributed by atoms with van der Waals surface area (Å²) in [6.07, 6.45) is 7.50. The van der Waals surface area contributed by atoms with Crippen molar-refractivity contribution < 1.29 is 4.79 Å². The molecule has 0 spiro atoms. The summed E-state index contributed by atoms with van der Waals surface area (Å²) in [5.74, 6) is 2.89. The molecule has 3 fully saturated rings. The molecule has 4 unspecified atom stereocenters. The average Bonchev–Trinajstić information content (AvgIpc) is 3.27. The lowest BCUT2D eigenvalue weighted by molar-refractivity contribution is -0.132. The molecule has 0 aromatic heterocycles. The van der Waals surface area contributed by atoms with Gasteiger partial charge in [-0.3, -0.25) is 4.79 Å². The second-order valence-corrected chi connectivity index (χ2v) is 8.76. The molecule has 3 aliphatic rings. The largest absolute Gasteiger partial charge is 0.341 e. The molecule has 3 nitrogen and oxygen atoms in total. The lowest BCUT2D eigenvalue weighted by atomic mass is 9.85. The Balaban J connectivity index is 1.26. The number of carbonyl (C=O) groups is 1. The van der Waals surface area contributed by atoms with Gasteiger partial charge in [-0.25, -0.2) is 0 Å². The van der Waals surface area contributed by atoms with E-state index in [2.05, 4.69) is 40.5 Å². The number of hydrogen-bond donors (Lipinski definition) is 1. The summed E-state index contributed by atoms with van der Waals surface area (Å²) in [6, 6.07) is 11.3. The van der Waals surface area contributed by atoms with Gasteiger partial charge in [0.1, 0.15) is 0 Å². The topological polar surface area (TPSA) is 32.3 Å². The quantitative estimate of drug-likeness (QED) is 0.848. The number of fused-ring (bicyclic) bond motifs is 1. The predicted molar refractivity (Wildman–Crippen MR) is 99.1 cm³/mol. The third kappa shape index (κ3) is 3.65. The molecule has 0 radical (unpaired) electrons. The van der Waals surface area contributed by atoms with Crippen molar-refractivity contribution >= 4 is 17.7 Å². The number of hydrogen-bond acceptors (Lipinski definition) is 3. The maximum absolute atomic E-state index is 12.9. The summed E-state index contributed by atoms with van der Waals surface area (Å²) >= 11 is 1.93. The maximum atomic E-state index is 12.9. The summed E-state index contributed by atoms with van der Waals surface area (Å²) in [7, 11) is 0. The number of nitrogens with zero attached hydrogens (tertiary/aromatic N) is 1. The van der Waals surface area contributed by atoms with Gasteiger partial charge in [0, 0.05) is 29.8 Å². The second kappa shape index (κ2) is 7.49. The Morgan fingerprint density at radius 1 is 1.17 bits per heavy atom. The smallest absolute Gasteiger partial charge is 0.239 e. The summed E-state index contributed by atoms with van der Waals surface area (Å²) in [5, 5.41) is 3.65. The van der Waals surface area contributed by atoms with Gasteiger partial charge in [-0.05, 0) is 49.7 Å². The highest BCUT2D eigenvalue weighted by molar-refractivity contribution is 7.99. The number of rotatable bonds is 4. The van der Waals surface area contributed by atoms with Crippen LogP contribution in [0.2, 0.25) is 0 Å². The van der Waals surface area contributed by atoms with E-state index in [1.165, 1.54) is 30.6 Å². The highest BCUT2D eigenvalue weighted by Gasteiger charge is 2.40. The average molecular weight is 345 g/mol. The van der Waals surface area contributed by atoms with Crippen molar-refractivity contribution in [1.82, 2.24) is 10.2 Å². The van der Waals surface area contributed by atoms with Crippen LogP contribution in [0.25, 0.3) is 0 Å². The third-order valence-corrected chi connectivity index (χ3v) is 7.23. The van der Waals surface area contributed by atoms with E-state index in [4.69, 9.17) is 0 Å². The van der Waals surface area contributed by atoms with Crippen LogP contribution in [0.5, 0.6) is 0 Å². The molecule has 1 amide bonds. The molecular weight excluding hydrogens is 316 g/mol. The molecule has 0 bridgehead atoms. The Morgan fingerprint density at radius 2 is 2.00 bits per heavy atom. The van der Waals surface area contributed by atoms with E-state index in [9.17, 15) is 4.79 Å². The zero-order valence-electron chi connectivity index (χ0n) is 14.3. The van der Waals surface area contributed by atoms with E-state index in [1.807, 2.05) is 11.8 Å². The molecule has 2 heterocycles. The Hall–Kier alpha value is -1.00. The molecular formula is C20H28N2OS. The molecule has 24 heavy (non-hydrogen) atoms. The minimum absolute atomic E-state index is 0.0960. The van der Waals surface area contributed by atoms with E-state index < -0.39 is 0 Å². The van der Waals surface area contributed by atoms with Crippen LogP contribution in [0.3, 0.4) is 0 Å². The maximum Gasteiger partial charge on any atom is 0.239 e. The number of benzene rings is 1. The van der Waals surface area contributed by atoms with Crippen LogP contribution < -0.4 is 5.32 Å². The van der Waals surface area contributed by atoms with Gasteiger partial charge in [-0.15, -0.1) is 11.8 Å². The van der Waals surface area contributed by atoms with Crippen molar-refractivity contribution in [3.63, 3.8) is 0 Å². The second-order valence-electron chi connectivity index (χ2n) is 7.67. The predicted octanol–water partition coefficient (Wildman–Crippen LogP) is 3.55. The van der Waals surface area contributed by atoms with E-state index in [0.29, 0.717) is 17.9 Å². The van der Waals surface area contributed by atoms with Crippen LogP contribution in [-0.4, -0.2) is 41.7 Å². The van der Waals surface area contributed by atoms with Gasteiger partial charge < -0.3 is 10.2 Å². The number of amides is 1. The van der Waals surface area contributed by atoms with Crippen LogP contribution in [0.1, 0.15) is 38.5 Å². The fourth-order valence-corrected chi connectivity index (χ4v) is 5.68. The normalized spacial score (nSPS) is 32.8. The van der Waals surface area contributed by atoms with Crippen molar-refractivity contribution in [2.24, 2.45) is 11.8 Å². The van der Waals surface area contributed by atoms with Crippen LogP contribution in [0.4, 0.5) is 0 Å². The van der Waals surface area contributed by atoms with E-state index in [0.717, 1.165) is 37.6 Å². The zero-order valence-corrected chi connectivity index (χ0v) is 15.1. The van der Waals surface area contributed by atoms with Gasteiger partial charge in [-0.1, -0.05) is 31.0 Å². The fourth-order valence-electron chi connectivity index (χ4n) is 4.63. The van der Waals surface area contributed by atoms with E-state index >= 15 is 0 Å². The standard InChI is InChI=1S/C20H28N2OS/c23-20(19-12-16-6-4-5-9-18(16)21-19)22-11-10-15(13-22)14-24-17-7-2-1-3-8-17/h1-3,7-8,15-16,18-19,21H,4-6,9-14H2. The van der Waals surface area contributed by atoms with Gasteiger partial charge >= 0.3 is 0 Å². The van der Waals surface area contributed by atoms with Gasteiger partial charge in [0.05, 0.1) is 6.04 Å². The zero-order chi connectivity index (χ0) is 16.4. The third-order valence-electron chi connectivity index (χ3n) is 5.99. The Labute approximate surface area is 149 Å². The van der Waals surface area contributed by atoms with Crippen LogP contribution in [0, 0.1) is 11.8 Å². The molecule has 4 heteroatoms. The highest BCUT2D eigenvalue weighted by Crippen LogP contribution is 2.34.